The van der Waals surface area contributed by atoms with Gasteiger partial charge in [-0.25, -0.2) is 9.59 Å². The number of hydrogen-bond acceptors (Lipinski definition) is 11. The standard InChI is InChI=1S/C77H80O11/c1-44(41-79)54-29-21-45-19-22-47(23-20-45)55-30-26-49(57-15-8-18-65-60(57)32-28-53-13-7-12-52-27-24-48-11-4-6-17-64(48)77(52,53)65)38-51(55)39-68(81)85-72-70-67(34-33-61-63(42-80)69(75(83)86-71(61)70)50(35-37-78)43-84-2)88-76(73(72)87-74(54)82)36-9-16-59-58-31-25-46-10-3-5-14-56(46)62(58)40-66(59)76/h3-6,8,10-11,14-15,17-20,22-25,27-28,31-34,49-53,55,58-59,62,66,72-73,78-80H,7,9,12-13,16,21,26,29-30,35-43H2,1-2H3. The summed E-state index contributed by atoms with van der Waals surface area (Å²) in [6.45, 7) is 0.724. The number of benzene rings is 5. The van der Waals surface area contributed by atoms with Crippen LogP contribution in [0.1, 0.15) is 187 Å². The molecule has 88 heavy (non-hydrogen) atoms. The molecule has 2 spiro atoms. The first-order chi connectivity index (χ1) is 43.1. The Bertz CT molecular complexity index is 3920. The third kappa shape index (κ3) is 9.12. The van der Waals surface area contributed by atoms with E-state index in [2.05, 4.69) is 127 Å². The Morgan fingerprint density at radius 1 is 0.739 bits per heavy atom. The molecule has 4 saturated carbocycles. The molecule has 11 heteroatoms. The number of carbonyl (C=O) groups excluding carboxylic acids is 2. The molecule has 4 heterocycles. The third-order valence-electron chi connectivity index (χ3n) is 23.2. The quantitative estimate of drug-likeness (QED) is 0.0755. The van der Waals surface area contributed by atoms with Crippen molar-refractivity contribution in [2.24, 2.45) is 35.5 Å². The van der Waals surface area contributed by atoms with E-state index < -0.39 is 47.9 Å². The molecule has 14 atom stereocenters. The zero-order chi connectivity index (χ0) is 60.0. The normalized spacial score (nSPS) is 31.7. The van der Waals surface area contributed by atoms with Gasteiger partial charge < -0.3 is 38.7 Å². The van der Waals surface area contributed by atoms with Gasteiger partial charge in [0.15, 0.2) is 17.8 Å². The maximum Gasteiger partial charge on any atom is 0.340 e. The maximum absolute atomic E-state index is 16.1. The van der Waals surface area contributed by atoms with E-state index in [9.17, 15) is 20.1 Å². The molecular weight excluding hydrogens is 1100 g/mol. The first kappa shape index (κ1) is 57.3. The van der Waals surface area contributed by atoms with Gasteiger partial charge in [0.1, 0.15) is 11.3 Å². The van der Waals surface area contributed by atoms with Gasteiger partial charge in [0.05, 0.1) is 25.4 Å². The average Bonchev–Trinajstić information content (AvgIpc) is 0.986. The lowest BCUT2D eigenvalue weighted by Gasteiger charge is -2.54. The van der Waals surface area contributed by atoms with E-state index >= 15 is 9.59 Å². The van der Waals surface area contributed by atoms with Gasteiger partial charge in [0.25, 0.3) is 0 Å². The van der Waals surface area contributed by atoms with Gasteiger partial charge in [-0.3, -0.25) is 4.79 Å². The number of rotatable bonds is 8. The number of aliphatic hydroxyl groups excluding tert-OH is 3. The van der Waals surface area contributed by atoms with Gasteiger partial charge in [0, 0.05) is 53.9 Å². The number of ether oxygens (including phenoxy) is 4. The number of esters is 2. The molecule has 16 rings (SSSR count). The summed E-state index contributed by atoms with van der Waals surface area (Å²) in [6.07, 6.45) is 21.8. The van der Waals surface area contributed by atoms with Crippen LogP contribution in [0.15, 0.2) is 142 Å². The van der Waals surface area contributed by atoms with Crippen molar-refractivity contribution in [3.63, 3.8) is 0 Å². The maximum atomic E-state index is 16.1. The lowest BCUT2D eigenvalue weighted by molar-refractivity contribution is -0.212. The lowest BCUT2D eigenvalue weighted by atomic mass is 9.49. The Morgan fingerprint density at radius 2 is 1.51 bits per heavy atom. The van der Waals surface area contributed by atoms with E-state index in [1.54, 1.807) is 13.0 Å². The summed E-state index contributed by atoms with van der Waals surface area (Å²) in [4.78, 5) is 46.5. The summed E-state index contributed by atoms with van der Waals surface area (Å²) in [5.74, 6) is -0.256. The van der Waals surface area contributed by atoms with Crippen molar-refractivity contribution in [3.8, 4) is 5.75 Å². The minimum Gasteiger partial charge on any atom is -0.482 e. The zero-order valence-electron chi connectivity index (χ0n) is 50.5. The summed E-state index contributed by atoms with van der Waals surface area (Å²) >= 11 is 0. The van der Waals surface area contributed by atoms with Crippen molar-refractivity contribution in [2.45, 2.75) is 150 Å². The van der Waals surface area contributed by atoms with Gasteiger partial charge in [-0.15, -0.1) is 0 Å². The molecule has 1 aromatic heterocycles. The van der Waals surface area contributed by atoms with Crippen LogP contribution in [-0.2, 0) is 42.2 Å². The van der Waals surface area contributed by atoms with Crippen LogP contribution in [0.25, 0.3) is 29.2 Å². The van der Waals surface area contributed by atoms with Gasteiger partial charge >= 0.3 is 17.6 Å². The van der Waals surface area contributed by atoms with Crippen molar-refractivity contribution >= 4 is 41.1 Å². The monoisotopic (exact) mass is 1180 g/mol. The van der Waals surface area contributed by atoms with Gasteiger partial charge in [0.2, 0.25) is 0 Å². The summed E-state index contributed by atoms with van der Waals surface area (Å²) in [7, 11) is 1.53. The molecule has 11 nitrogen and oxygen atoms in total. The van der Waals surface area contributed by atoms with Crippen molar-refractivity contribution < 1.29 is 48.3 Å². The summed E-state index contributed by atoms with van der Waals surface area (Å²) in [5.41, 5.74) is 11.0. The highest BCUT2D eigenvalue weighted by Crippen LogP contribution is 2.65. The first-order valence-corrected chi connectivity index (χ1v) is 32.7. The molecule has 2 bridgehead atoms. The van der Waals surface area contributed by atoms with Crippen molar-refractivity contribution in [3.05, 3.63) is 210 Å². The van der Waals surface area contributed by atoms with Crippen molar-refractivity contribution in [1.82, 2.24) is 0 Å². The highest BCUT2D eigenvalue weighted by atomic mass is 16.6. The Hall–Kier alpha value is -7.15. The van der Waals surface area contributed by atoms with Crippen LogP contribution in [0.4, 0.5) is 0 Å². The number of aryl methyl sites for hydroxylation is 1. The SMILES string of the molecule is COCC(CCO)c1c(CO)c2ccc3c(c2oc1=O)C1OC(=O)CC2CC(c4cccc5c4C=CC4CCCC6C=Cc7ccccc7C564)CCC2c2ccc(cc2)CCC(=C(C)CO)C(=O)OC1C1(CCCC2C4C=Cc5ccccc5C4CC21)O3. The number of methoxy groups -OCH3 is 1. The largest absolute Gasteiger partial charge is 0.482 e. The Morgan fingerprint density at radius 3 is 2.32 bits per heavy atom. The fraction of sp³-hybridized carbons (Fsp3) is 0.442. The van der Waals surface area contributed by atoms with Crippen LogP contribution < -0.4 is 10.4 Å². The van der Waals surface area contributed by atoms with Crippen molar-refractivity contribution in [2.75, 3.05) is 26.9 Å². The minimum atomic E-state index is -1.34. The van der Waals surface area contributed by atoms with Crippen LogP contribution in [0.5, 0.6) is 5.75 Å². The molecule has 0 amide bonds. The molecule has 0 saturated heterocycles. The second-order valence-corrected chi connectivity index (χ2v) is 27.2. The predicted octanol–water partition coefficient (Wildman–Crippen LogP) is 14.0. The second kappa shape index (κ2) is 23.0. The fourth-order valence-corrected chi connectivity index (χ4v) is 19.4. The summed E-state index contributed by atoms with van der Waals surface area (Å²) in [6, 6.07) is 37.0. The Labute approximate surface area is 515 Å². The number of hydrogen-bond donors (Lipinski definition) is 3. The zero-order valence-corrected chi connectivity index (χ0v) is 50.5. The van der Waals surface area contributed by atoms with Crippen LogP contribution >= 0.6 is 0 Å². The molecule has 3 aliphatic heterocycles. The molecule has 7 aliphatic carbocycles. The van der Waals surface area contributed by atoms with E-state index in [1.807, 2.05) is 6.07 Å². The van der Waals surface area contributed by atoms with E-state index in [-0.39, 0.29) is 103 Å². The highest BCUT2D eigenvalue weighted by molar-refractivity contribution is 5.91. The Balaban J connectivity index is 0.881. The molecule has 454 valence electrons. The van der Waals surface area contributed by atoms with Gasteiger partial charge in [-0.2, -0.15) is 0 Å². The number of aliphatic hydroxyl groups is 3. The van der Waals surface area contributed by atoms with Crippen LogP contribution in [0.3, 0.4) is 0 Å². The molecular formula is C77H80O11. The number of carbonyl (C=O) groups is 2. The number of fused-ring (bicyclic) bond motifs is 19. The topological polar surface area (TPSA) is 162 Å². The molecule has 14 unspecified atom stereocenters. The second-order valence-electron chi connectivity index (χ2n) is 27.2. The molecule has 0 radical (unpaired) electrons. The molecule has 10 aliphatic rings. The van der Waals surface area contributed by atoms with E-state index in [4.69, 9.17) is 23.4 Å². The lowest BCUT2D eigenvalue weighted by Crippen LogP contribution is -2.62. The predicted molar refractivity (Wildman–Crippen MR) is 339 cm³/mol. The summed E-state index contributed by atoms with van der Waals surface area (Å²) in [5, 5.41) is 32.8. The molecule has 5 aromatic carbocycles. The average molecular weight is 1180 g/mol. The Kier molecular flexibility index (Phi) is 15.0. The highest BCUT2D eigenvalue weighted by Gasteiger charge is 2.65. The number of allylic oxidation sites excluding steroid dienone is 3. The third-order valence-corrected chi connectivity index (χ3v) is 23.2. The molecule has 3 N–H and O–H groups in total. The minimum absolute atomic E-state index is 0.0242. The smallest absolute Gasteiger partial charge is 0.340 e. The van der Waals surface area contributed by atoms with Gasteiger partial charge in [-0.05, 0) is 205 Å². The van der Waals surface area contributed by atoms with Gasteiger partial charge in [-0.1, -0.05) is 134 Å². The van der Waals surface area contributed by atoms with Crippen LogP contribution in [-0.4, -0.2) is 65.9 Å². The van der Waals surface area contributed by atoms with Crippen LogP contribution in [0, 0.1) is 35.5 Å². The fourth-order valence-electron chi connectivity index (χ4n) is 19.4. The van der Waals surface area contributed by atoms with Crippen molar-refractivity contribution in [1.29, 1.82) is 0 Å². The van der Waals surface area contributed by atoms with E-state index in [0.29, 0.717) is 52.5 Å². The molecule has 6 aromatic rings. The first-order valence-electron chi connectivity index (χ1n) is 32.7. The van der Waals surface area contributed by atoms with E-state index in [1.165, 1.54) is 52.5 Å². The van der Waals surface area contributed by atoms with Crippen LogP contribution in [0.2, 0.25) is 0 Å². The molecule has 4 fully saturated rings. The van der Waals surface area contributed by atoms with E-state index in [0.717, 1.165) is 62.5 Å². The summed E-state index contributed by atoms with van der Waals surface area (Å²) < 4.78 is 34.2.